The number of hydrogen-bond donors (Lipinski definition) is 2. The van der Waals surface area contributed by atoms with E-state index in [1.54, 1.807) is 18.7 Å². The number of sulfonamides is 1. The molecule has 1 aliphatic rings. The average molecular weight is 329 g/mol. The fraction of sp³-hybridized carbons (Fsp3) is 0.500. The van der Waals surface area contributed by atoms with Gasteiger partial charge in [-0.05, 0) is 50.1 Å². The molecule has 1 saturated heterocycles. The second-order valence-corrected chi connectivity index (χ2v) is 8.96. The molecule has 2 N–H and O–H groups in total. The van der Waals surface area contributed by atoms with Crippen molar-refractivity contribution in [1.29, 1.82) is 0 Å². The summed E-state index contributed by atoms with van der Waals surface area (Å²) in [6.45, 7) is 4.05. The van der Waals surface area contributed by atoms with Crippen LogP contribution in [0.25, 0.3) is 0 Å². The van der Waals surface area contributed by atoms with Gasteiger partial charge in [0.2, 0.25) is 10.0 Å². The normalized spacial score (nSPS) is 22.4. The Kier molecular flexibility index (Phi) is 4.65. The lowest BCUT2D eigenvalue weighted by molar-refractivity contribution is 0.0696. The van der Waals surface area contributed by atoms with Crippen molar-refractivity contribution in [3.63, 3.8) is 0 Å². The van der Waals surface area contributed by atoms with Crippen molar-refractivity contribution in [3.05, 3.63) is 29.3 Å². The van der Waals surface area contributed by atoms with E-state index in [-0.39, 0.29) is 15.2 Å². The molecule has 0 aromatic heterocycles. The minimum atomic E-state index is -3.69. The first-order valence-corrected chi connectivity index (χ1v) is 9.18. The molecule has 1 aromatic carbocycles. The SMILES string of the molecule is Cc1ccc(S(=O)(=O)NCC2(C)CCCS2)cc1C(=O)O. The third-order valence-electron chi connectivity index (χ3n) is 3.69. The summed E-state index contributed by atoms with van der Waals surface area (Å²) in [6, 6.07) is 4.17. The Bertz CT molecular complexity index is 649. The molecule has 0 amide bonds. The van der Waals surface area contributed by atoms with Gasteiger partial charge in [-0.3, -0.25) is 0 Å². The highest BCUT2D eigenvalue weighted by molar-refractivity contribution is 8.01. The highest BCUT2D eigenvalue weighted by Gasteiger charge is 2.31. The third-order valence-corrected chi connectivity index (χ3v) is 6.62. The summed E-state index contributed by atoms with van der Waals surface area (Å²) in [5.74, 6) is -0.0748. The maximum Gasteiger partial charge on any atom is 0.335 e. The van der Waals surface area contributed by atoms with Crippen LogP contribution < -0.4 is 4.72 Å². The molecule has 21 heavy (non-hydrogen) atoms. The number of nitrogens with one attached hydrogen (secondary N) is 1. The maximum atomic E-state index is 12.3. The molecule has 0 aliphatic carbocycles. The Morgan fingerprint density at radius 1 is 1.48 bits per heavy atom. The lowest BCUT2D eigenvalue weighted by Gasteiger charge is -2.22. The van der Waals surface area contributed by atoms with Crippen molar-refractivity contribution in [1.82, 2.24) is 4.72 Å². The molecule has 1 aromatic rings. The number of aromatic carboxylic acids is 1. The first kappa shape index (κ1) is 16.3. The predicted molar refractivity (Wildman–Crippen MR) is 83.4 cm³/mol. The third kappa shape index (κ3) is 3.78. The van der Waals surface area contributed by atoms with E-state index >= 15 is 0 Å². The summed E-state index contributed by atoms with van der Waals surface area (Å²) in [5, 5.41) is 9.08. The maximum absolute atomic E-state index is 12.3. The van der Waals surface area contributed by atoms with Gasteiger partial charge in [0.25, 0.3) is 0 Å². The Hall–Kier alpha value is -1.05. The summed E-state index contributed by atoms with van der Waals surface area (Å²) in [4.78, 5) is 11.1. The van der Waals surface area contributed by atoms with Crippen LogP contribution in [0.15, 0.2) is 23.1 Å². The second-order valence-electron chi connectivity index (χ2n) is 5.51. The summed E-state index contributed by atoms with van der Waals surface area (Å²) in [5.41, 5.74) is 0.555. The van der Waals surface area contributed by atoms with Gasteiger partial charge >= 0.3 is 5.97 Å². The first-order valence-electron chi connectivity index (χ1n) is 6.71. The van der Waals surface area contributed by atoms with Gasteiger partial charge in [0.15, 0.2) is 0 Å². The minimum Gasteiger partial charge on any atom is -0.478 e. The second kappa shape index (κ2) is 5.98. The van der Waals surface area contributed by atoms with Crippen LogP contribution in [0.5, 0.6) is 0 Å². The van der Waals surface area contributed by atoms with Crippen LogP contribution in [0, 0.1) is 6.92 Å². The standard InChI is InChI=1S/C14H19NO4S2/c1-10-4-5-11(8-12(10)13(16)17)21(18,19)15-9-14(2)6-3-7-20-14/h4-5,8,15H,3,6-7,9H2,1-2H3,(H,16,17). The number of carbonyl (C=O) groups is 1. The Labute approximate surface area is 129 Å². The van der Waals surface area contributed by atoms with Crippen molar-refractivity contribution in [2.45, 2.75) is 36.3 Å². The highest BCUT2D eigenvalue weighted by atomic mass is 32.2. The van der Waals surface area contributed by atoms with E-state index in [4.69, 9.17) is 5.11 Å². The topological polar surface area (TPSA) is 83.5 Å². The van der Waals surface area contributed by atoms with Gasteiger partial charge in [0.1, 0.15) is 0 Å². The number of carboxylic acids is 1. The summed E-state index contributed by atoms with van der Waals surface area (Å²) in [6.07, 6.45) is 2.07. The fourth-order valence-corrected chi connectivity index (χ4v) is 4.84. The zero-order valence-electron chi connectivity index (χ0n) is 12.0. The number of benzene rings is 1. The molecule has 0 spiro atoms. The van der Waals surface area contributed by atoms with E-state index in [2.05, 4.69) is 4.72 Å². The first-order chi connectivity index (χ1) is 9.73. The van der Waals surface area contributed by atoms with E-state index < -0.39 is 16.0 Å². The molecule has 116 valence electrons. The molecule has 1 fully saturated rings. The summed E-state index contributed by atoms with van der Waals surface area (Å²) < 4.78 is 27.1. The minimum absolute atomic E-state index is 0.00269. The molecule has 0 radical (unpaired) electrons. The van der Waals surface area contributed by atoms with Gasteiger partial charge in [-0.25, -0.2) is 17.9 Å². The van der Waals surface area contributed by atoms with Crippen molar-refractivity contribution in [2.24, 2.45) is 0 Å². The smallest absolute Gasteiger partial charge is 0.335 e. The van der Waals surface area contributed by atoms with E-state index in [9.17, 15) is 13.2 Å². The molecule has 1 aliphatic heterocycles. The lowest BCUT2D eigenvalue weighted by Crippen LogP contribution is -2.36. The van der Waals surface area contributed by atoms with E-state index in [0.717, 1.165) is 18.6 Å². The molecule has 1 heterocycles. The molecular formula is C14H19NO4S2. The molecule has 1 unspecified atom stereocenters. The van der Waals surface area contributed by atoms with Crippen molar-refractivity contribution in [3.8, 4) is 0 Å². The molecule has 0 saturated carbocycles. The fourth-order valence-electron chi connectivity index (χ4n) is 2.31. The van der Waals surface area contributed by atoms with Crippen molar-refractivity contribution in [2.75, 3.05) is 12.3 Å². The summed E-state index contributed by atoms with van der Waals surface area (Å²) in [7, 11) is -3.69. The van der Waals surface area contributed by atoms with E-state index in [1.165, 1.54) is 18.2 Å². The van der Waals surface area contributed by atoms with Crippen LogP contribution in [-0.4, -0.2) is 36.5 Å². The van der Waals surface area contributed by atoms with Crippen molar-refractivity contribution < 1.29 is 18.3 Å². The molecule has 5 nitrogen and oxygen atoms in total. The van der Waals surface area contributed by atoms with Gasteiger partial charge < -0.3 is 5.11 Å². The molecule has 7 heteroatoms. The van der Waals surface area contributed by atoms with Crippen LogP contribution in [0.4, 0.5) is 0 Å². The van der Waals surface area contributed by atoms with E-state index in [0.29, 0.717) is 12.1 Å². The van der Waals surface area contributed by atoms with Crippen LogP contribution in [0.3, 0.4) is 0 Å². The Morgan fingerprint density at radius 3 is 2.76 bits per heavy atom. The van der Waals surface area contributed by atoms with Gasteiger partial charge in [0, 0.05) is 11.3 Å². The van der Waals surface area contributed by atoms with E-state index in [1.807, 2.05) is 6.92 Å². The molecular weight excluding hydrogens is 310 g/mol. The Morgan fingerprint density at radius 2 is 2.19 bits per heavy atom. The molecule has 1 atom stereocenters. The summed E-state index contributed by atoms with van der Waals surface area (Å²) >= 11 is 1.77. The van der Waals surface area contributed by atoms with Gasteiger partial charge in [-0.2, -0.15) is 11.8 Å². The quantitative estimate of drug-likeness (QED) is 0.866. The zero-order chi connectivity index (χ0) is 15.7. The monoisotopic (exact) mass is 329 g/mol. The number of thioether (sulfide) groups is 1. The highest BCUT2D eigenvalue weighted by Crippen LogP contribution is 2.37. The largest absolute Gasteiger partial charge is 0.478 e. The number of carboxylic acid groups (broad SMARTS) is 1. The number of aryl methyl sites for hydroxylation is 1. The molecule has 0 bridgehead atoms. The molecule has 2 rings (SSSR count). The van der Waals surface area contributed by atoms with Crippen LogP contribution in [0.1, 0.15) is 35.7 Å². The zero-order valence-corrected chi connectivity index (χ0v) is 13.7. The van der Waals surface area contributed by atoms with Crippen LogP contribution >= 0.6 is 11.8 Å². The Balaban J connectivity index is 2.19. The van der Waals surface area contributed by atoms with Crippen molar-refractivity contribution >= 4 is 27.8 Å². The predicted octanol–water partition coefficient (Wildman–Crippen LogP) is 2.26. The van der Waals surface area contributed by atoms with Gasteiger partial charge in [-0.1, -0.05) is 6.07 Å². The van der Waals surface area contributed by atoms with Crippen LogP contribution in [0.2, 0.25) is 0 Å². The van der Waals surface area contributed by atoms with Gasteiger partial charge in [-0.15, -0.1) is 0 Å². The lowest BCUT2D eigenvalue weighted by atomic mass is 10.1. The average Bonchev–Trinajstić information content (AvgIpc) is 2.84. The number of hydrogen-bond acceptors (Lipinski definition) is 4. The number of rotatable bonds is 5. The van der Waals surface area contributed by atoms with Gasteiger partial charge in [0.05, 0.1) is 10.5 Å². The van der Waals surface area contributed by atoms with Crippen LogP contribution in [-0.2, 0) is 10.0 Å².